The van der Waals surface area contributed by atoms with Gasteiger partial charge in [-0.2, -0.15) is 4.98 Å². The van der Waals surface area contributed by atoms with E-state index >= 15 is 0 Å². The average Bonchev–Trinajstić information content (AvgIpc) is 2.79. The van der Waals surface area contributed by atoms with E-state index in [0.29, 0.717) is 12.6 Å². The molecule has 0 unspecified atom stereocenters. The molecule has 0 spiro atoms. The van der Waals surface area contributed by atoms with Gasteiger partial charge < -0.3 is 4.74 Å². The SMILES string of the molecule is CCCCOc1ncn(-c2ccccc2)n1. The van der Waals surface area contributed by atoms with Gasteiger partial charge in [0, 0.05) is 0 Å². The number of nitrogens with zero attached hydrogens (tertiary/aromatic N) is 3. The van der Waals surface area contributed by atoms with E-state index in [4.69, 9.17) is 4.74 Å². The minimum Gasteiger partial charge on any atom is -0.462 e. The molecular formula is C12H15N3O. The smallest absolute Gasteiger partial charge is 0.335 e. The van der Waals surface area contributed by atoms with Crippen molar-refractivity contribution in [2.24, 2.45) is 0 Å². The highest BCUT2D eigenvalue weighted by Crippen LogP contribution is 2.08. The number of unbranched alkanes of at least 4 members (excludes halogenated alkanes) is 1. The zero-order chi connectivity index (χ0) is 11.2. The predicted octanol–water partition coefficient (Wildman–Crippen LogP) is 2.45. The Morgan fingerprint density at radius 3 is 2.81 bits per heavy atom. The van der Waals surface area contributed by atoms with Gasteiger partial charge in [-0.05, 0) is 18.6 Å². The number of para-hydroxylation sites is 1. The molecule has 2 aromatic rings. The summed E-state index contributed by atoms with van der Waals surface area (Å²) in [6.45, 7) is 2.80. The van der Waals surface area contributed by atoms with Crippen molar-refractivity contribution in [3.63, 3.8) is 0 Å². The Morgan fingerprint density at radius 2 is 2.06 bits per heavy atom. The second kappa shape index (κ2) is 5.30. The largest absolute Gasteiger partial charge is 0.462 e. The highest BCUT2D eigenvalue weighted by atomic mass is 16.5. The Labute approximate surface area is 94.9 Å². The highest BCUT2D eigenvalue weighted by Gasteiger charge is 2.02. The van der Waals surface area contributed by atoms with Gasteiger partial charge in [0.15, 0.2) is 0 Å². The van der Waals surface area contributed by atoms with E-state index in [1.54, 1.807) is 11.0 Å². The van der Waals surface area contributed by atoms with Gasteiger partial charge in [0.2, 0.25) is 0 Å². The minimum absolute atomic E-state index is 0.442. The number of ether oxygens (including phenoxy) is 1. The summed E-state index contributed by atoms with van der Waals surface area (Å²) in [5, 5.41) is 4.24. The van der Waals surface area contributed by atoms with Gasteiger partial charge in [-0.25, -0.2) is 4.68 Å². The lowest BCUT2D eigenvalue weighted by Crippen LogP contribution is -1.99. The molecule has 0 saturated carbocycles. The first kappa shape index (κ1) is 10.7. The molecule has 0 radical (unpaired) electrons. The van der Waals surface area contributed by atoms with Crippen LogP contribution < -0.4 is 4.74 Å². The zero-order valence-electron chi connectivity index (χ0n) is 9.34. The minimum atomic E-state index is 0.442. The highest BCUT2D eigenvalue weighted by molar-refractivity contribution is 5.29. The first-order chi connectivity index (χ1) is 7.90. The maximum Gasteiger partial charge on any atom is 0.335 e. The van der Waals surface area contributed by atoms with Crippen LogP contribution in [0.15, 0.2) is 36.7 Å². The van der Waals surface area contributed by atoms with Crippen LogP contribution in [0.3, 0.4) is 0 Å². The van der Waals surface area contributed by atoms with Gasteiger partial charge in [-0.1, -0.05) is 31.5 Å². The quantitative estimate of drug-likeness (QED) is 0.722. The first-order valence-electron chi connectivity index (χ1n) is 5.50. The van der Waals surface area contributed by atoms with Gasteiger partial charge in [-0.3, -0.25) is 0 Å². The Morgan fingerprint density at radius 1 is 1.25 bits per heavy atom. The molecule has 16 heavy (non-hydrogen) atoms. The van der Waals surface area contributed by atoms with E-state index in [9.17, 15) is 0 Å². The summed E-state index contributed by atoms with van der Waals surface area (Å²) in [6, 6.07) is 10.3. The summed E-state index contributed by atoms with van der Waals surface area (Å²) in [6.07, 6.45) is 3.80. The fraction of sp³-hybridized carbons (Fsp3) is 0.333. The van der Waals surface area contributed by atoms with Crippen molar-refractivity contribution < 1.29 is 4.74 Å². The van der Waals surface area contributed by atoms with Crippen LogP contribution in [0.2, 0.25) is 0 Å². The third-order valence-corrected chi connectivity index (χ3v) is 2.22. The Hall–Kier alpha value is -1.84. The maximum atomic E-state index is 5.41. The van der Waals surface area contributed by atoms with E-state index in [0.717, 1.165) is 18.5 Å². The zero-order valence-corrected chi connectivity index (χ0v) is 9.34. The summed E-state index contributed by atoms with van der Waals surface area (Å²) in [7, 11) is 0. The molecule has 0 aliphatic heterocycles. The molecule has 1 aromatic carbocycles. The average molecular weight is 217 g/mol. The van der Waals surface area contributed by atoms with Gasteiger partial charge in [0.05, 0.1) is 12.3 Å². The fourth-order valence-corrected chi connectivity index (χ4v) is 1.33. The number of hydrogen-bond acceptors (Lipinski definition) is 3. The van der Waals surface area contributed by atoms with E-state index in [1.807, 2.05) is 30.3 Å². The van der Waals surface area contributed by atoms with Crippen LogP contribution in [0.25, 0.3) is 5.69 Å². The molecule has 0 saturated heterocycles. The monoisotopic (exact) mass is 217 g/mol. The molecular weight excluding hydrogens is 202 g/mol. The Bertz CT molecular complexity index is 425. The lowest BCUT2D eigenvalue weighted by Gasteiger charge is -1.99. The molecule has 1 aromatic heterocycles. The number of rotatable bonds is 5. The molecule has 0 aliphatic carbocycles. The molecule has 4 heteroatoms. The topological polar surface area (TPSA) is 39.9 Å². The van der Waals surface area contributed by atoms with Gasteiger partial charge in [-0.15, -0.1) is 5.10 Å². The van der Waals surface area contributed by atoms with Crippen molar-refractivity contribution in [3.8, 4) is 11.7 Å². The molecule has 1 heterocycles. The van der Waals surface area contributed by atoms with Crippen molar-refractivity contribution in [3.05, 3.63) is 36.7 Å². The van der Waals surface area contributed by atoms with Crippen LogP contribution in [0.1, 0.15) is 19.8 Å². The summed E-state index contributed by atoms with van der Waals surface area (Å²) >= 11 is 0. The molecule has 0 fully saturated rings. The normalized spacial score (nSPS) is 10.3. The first-order valence-corrected chi connectivity index (χ1v) is 5.50. The predicted molar refractivity (Wildman–Crippen MR) is 61.8 cm³/mol. The second-order valence-corrected chi connectivity index (χ2v) is 3.51. The third kappa shape index (κ3) is 2.59. The van der Waals surface area contributed by atoms with Crippen LogP contribution in [0.4, 0.5) is 0 Å². The van der Waals surface area contributed by atoms with Crippen molar-refractivity contribution in [2.75, 3.05) is 6.61 Å². The van der Waals surface area contributed by atoms with E-state index in [1.165, 1.54) is 0 Å². The fourth-order valence-electron chi connectivity index (χ4n) is 1.33. The van der Waals surface area contributed by atoms with Gasteiger partial charge in [0.25, 0.3) is 0 Å². The summed E-state index contributed by atoms with van der Waals surface area (Å²) < 4.78 is 7.12. The van der Waals surface area contributed by atoms with E-state index < -0.39 is 0 Å². The lowest BCUT2D eigenvalue weighted by molar-refractivity contribution is 0.285. The van der Waals surface area contributed by atoms with Crippen LogP contribution in [-0.4, -0.2) is 21.4 Å². The molecule has 0 amide bonds. The summed E-state index contributed by atoms with van der Waals surface area (Å²) in [5.74, 6) is 0. The molecule has 84 valence electrons. The van der Waals surface area contributed by atoms with Crippen molar-refractivity contribution in [2.45, 2.75) is 19.8 Å². The molecule has 0 N–H and O–H groups in total. The van der Waals surface area contributed by atoms with Crippen LogP contribution in [0.5, 0.6) is 6.01 Å². The second-order valence-electron chi connectivity index (χ2n) is 3.51. The summed E-state index contributed by atoms with van der Waals surface area (Å²) in [4.78, 5) is 4.09. The molecule has 0 bridgehead atoms. The van der Waals surface area contributed by atoms with Crippen molar-refractivity contribution >= 4 is 0 Å². The van der Waals surface area contributed by atoms with Crippen LogP contribution in [0, 0.1) is 0 Å². The Kier molecular flexibility index (Phi) is 3.53. The molecule has 0 aliphatic rings. The third-order valence-electron chi connectivity index (χ3n) is 2.22. The summed E-state index contributed by atoms with van der Waals surface area (Å²) in [5.41, 5.74) is 0.986. The number of aromatic nitrogens is 3. The maximum absolute atomic E-state index is 5.41. The number of hydrogen-bond donors (Lipinski definition) is 0. The van der Waals surface area contributed by atoms with Crippen LogP contribution in [-0.2, 0) is 0 Å². The molecule has 4 nitrogen and oxygen atoms in total. The standard InChI is InChI=1S/C12H15N3O/c1-2-3-9-16-12-13-10-15(14-12)11-7-5-4-6-8-11/h4-8,10H,2-3,9H2,1H3. The van der Waals surface area contributed by atoms with Gasteiger partial charge in [0.1, 0.15) is 6.33 Å². The lowest BCUT2D eigenvalue weighted by atomic mass is 10.3. The van der Waals surface area contributed by atoms with E-state index in [-0.39, 0.29) is 0 Å². The van der Waals surface area contributed by atoms with Gasteiger partial charge >= 0.3 is 6.01 Å². The molecule has 0 atom stereocenters. The Balaban J connectivity index is 2.02. The van der Waals surface area contributed by atoms with E-state index in [2.05, 4.69) is 17.0 Å². The van der Waals surface area contributed by atoms with Crippen molar-refractivity contribution in [1.82, 2.24) is 14.8 Å². The van der Waals surface area contributed by atoms with Crippen LogP contribution >= 0.6 is 0 Å². The molecule has 2 rings (SSSR count). The van der Waals surface area contributed by atoms with Crippen molar-refractivity contribution in [1.29, 1.82) is 0 Å². The number of benzene rings is 1.